The fourth-order valence-corrected chi connectivity index (χ4v) is 2.03. The molecule has 104 valence electrons. The van der Waals surface area contributed by atoms with Crippen molar-refractivity contribution in [3.05, 3.63) is 63.9 Å². The van der Waals surface area contributed by atoms with E-state index < -0.39 is 0 Å². The van der Waals surface area contributed by atoms with Crippen LogP contribution in [0.3, 0.4) is 0 Å². The predicted molar refractivity (Wildman–Crippen MR) is 76.5 cm³/mol. The molecule has 3 N–H and O–H groups in total. The maximum Gasteiger partial charge on any atom is 0.265 e. The fraction of sp³-hybridized carbons (Fsp3) is 0.0714. The van der Waals surface area contributed by atoms with Crippen LogP contribution in [-0.2, 0) is 6.61 Å². The lowest BCUT2D eigenvalue weighted by Crippen LogP contribution is -2.30. The molecule has 0 aliphatic carbocycles. The van der Waals surface area contributed by atoms with Crippen molar-refractivity contribution in [2.45, 2.75) is 6.61 Å². The van der Waals surface area contributed by atoms with Gasteiger partial charge in [0.15, 0.2) is 0 Å². The largest absolute Gasteiger partial charge is 0.489 e. The van der Waals surface area contributed by atoms with Gasteiger partial charge in [-0.05, 0) is 40.2 Å². The van der Waals surface area contributed by atoms with Crippen LogP contribution in [0.2, 0.25) is 0 Å². The first-order chi connectivity index (χ1) is 9.61. The van der Waals surface area contributed by atoms with Crippen LogP contribution in [0.4, 0.5) is 4.39 Å². The lowest BCUT2D eigenvalue weighted by atomic mass is 10.1. The van der Waals surface area contributed by atoms with Gasteiger partial charge in [0.05, 0.1) is 4.47 Å². The third kappa shape index (κ3) is 3.34. The van der Waals surface area contributed by atoms with Crippen LogP contribution in [-0.4, -0.2) is 5.91 Å². The van der Waals surface area contributed by atoms with E-state index in [9.17, 15) is 9.18 Å². The molecule has 4 nitrogen and oxygen atoms in total. The Morgan fingerprint density at radius 3 is 2.75 bits per heavy atom. The maximum atomic E-state index is 13.1. The van der Waals surface area contributed by atoms with E-state index in [2.05, 4.69) is 21.4 Å². The topological polar surface area (TPSA) is 64.3 Å². The number of nitrogen functional groups attached to an aromatic ring is 1. The normalized spacial score (nSPS) is 10.2. The first-order valence-electron chi connectivity index (χ1n) is 5.78. The van der Waals surface area contributed by atoms with E-state index >= 15 is 0 Å². The molecule has 2 aromatic carbocycles. The van der Waals surface area contributed by atoms with Crippen LogP contribution in [0.5, 0.6) is 5.75 Å². The maximum absolute atomic E-state index is 13.1. The van der Waals surface area contributed by atoms with Gasteiger partial charge in [0.1, 0.15) is 18.2 Å². The Labute approximate surface area is 123 Å². The number of hydrogen-bond donors (Lipinski definition) is 2. The molecule has 0 unspecified atom stereocenters. The lowest BCUT2D eigenvalue weighted by Gasteiger charge is -2.10. The highest BCUT2D eigenvalue weighted by atomic mass is 79.9. The number of rotatable bonds is 4. The van der Waals surface area contributed by atoms with Gasteiger partial charge in [-0.25, -0.2) is 10.2 Å². The highest BCUT2D eigenvalue weighted by molar-refractivity contribution is 9.10. The highest BCUT2D eigenvalue weighted by Crippen LogP contribution is 2.22. The molecule has 2 aromatic rings. The Bertz CT molecular complexity index is 634. The van der Waals surface area contributed by atoms with E-state index in [0.717, 1.165) is 0 Å². The van der Waals surface area contributed by atoms with E-state index in [1.165, 1.54) is 18.2 Å². The molecule has 0 heterocycles. The molecule has 0 bridgehead atoms. The molecule has 0 atom stereocenters. The number of amides is 1. The second-order valence-electron chi connectivity index (χ2n) is 4.00. The second kappa shape index (κ2) is 6.49. The van der Waals surface area contributed by atoms with E-state index in [1.54, 1.807) is 24.3 Å². The van der Waals surface area contributed by atoms with E-state index in [4.69, 9.17) is 10.6 Å². The number of hydrogen-bond acceptors (Lipinski definition) is 3. The van der Waals surface area contributed by atoms with Crippen molar-refractivity contribution < 1.29 is 13.9 Å². The summed E-state index contributed by atoms with van der Waals surface area (Å²) in [5, 5.41) is 0. The molecule has 1 amide bonds. The van der Waals surface area contributed by atoms with Crippen molar-refractivity contribution in [3.63, 3.8) is 0 Å². The molecule has 0 aliphatic heterocycles. The van der Waals surface area contributed by atoms with Crippen molar-refractivity contribution in [1.29, 1.82) is 0 Å². The molecule has 0 radical (unpaired) electrons. The van der Waals surface area contributed by atoms with Crippen molar-refractivity contribution >= 4 is 21.8 Å². The van der Waals surface area contributed by atoms with Crippen LogP contribution >= 0.6 is 15.9 Å². The second-order valence-corrected chi connectivity index (χ2v) is 4.85. The zero-order valence-corrected chi connectivity index (χ0v) is 12.0. The number of carbonyl (C=O) groups excluding carboxylic acids is 1. The number of nitrogens with two attached hydrogens (primary N) is 1. The summed E-state index contributed by atoms with van der Waals surface area (Å²) in [5.41, 5.74) is 3.22. The van der Waals surface area contributed by atoms with E-state index in [-0.39, 0.29) is 18.3 Å². The standard InChI is InChI=1S/C14H12BrFN2O2/c15-12-7-10(5-6-13(12)16)20-8-9-3-1-2-4-11(9)14(19)18-17/h1-7H,8,17H2,(H,18,19). The van der Waals surface area contributed by atoms with Crippen LogP contribution in [0, 0.1) is 5.82 Å². The van der Waals surface area contributed by atoms with Gasteiger partial charge < -0.3 is 4.74 Å². The lowest BCUT2D eigenvalue weighted by molar-refractivity contribution is 0.0951. The van der Waals surface area contributed by atoms with E-state index in [0.29, 0.717) is 21.3 Å². The fourth-order valence-electron chi connectivity index (χ4n) is 1.67. The molecule has 20 heavy (non-hydrogen) atoms. The third-order valence-corrected chi connectivity index (χ3v) is 3.29. The van der Waals surface area contributed by atoms with E-state index in [1.807, 2.05) is 0 Å². The van der Waals surface area contributed by atoms with Gasteiger partial charge in [-0.3, -0.25) is 10.2 Å². The zero-order valence-electron chi connectivity index (χ0n) is 10.4. The predicted octanol–water partition coefficient (Wildman–Crippen LogP) is 2.77. The molecule has 0 aromatic heterocycles. The summed E-state index contributed by atoms with van der Waals surface area (Å²) in [4.78, 5) is 11.6. The molecule has 0 saturated heterocycles. The number of nitrogens with one attached hydrogen (secondary N) is 1. The molecule has 0 spiro atoms. The summed E-state index contributed by atoms with van der Waals surface area (Å²) >= 11 is 3.09. The van der Waals surface area contributed by atoms with Crippen molar-refractivity contribution in [2.24, 2.45) is 5.84 Å². The Morgan fingerprint density at radius 2 is 2.05 bits per heavy atom. The van der Waals surface area contributed by atoms with Gasteiger partial charge in [-0.15, -0.1) is 0 Å². The summed E-state index contributed by atoms with van der Waals surface area (Å²) in [6.07, 6.45) is 0. The molecule has 2 rings (SSSR count). The molecule has 0 fully saturated rings. The Balaban J connectivity index is 2.14. The van der Waals surface area contributed by atoms with Gasteiger partial charge in [0.25, 0.3) is 5.91 Å². The molecular weight excluding hydrogens is 327 g/mol. The molecule has 6 heteroatoms. The summed E-state index contributed by atoms with van der Waals surface area (Å²) in [5.74, 6) is 4.88. The zero-order chi connectivity index (χ0) is 14.5. The number of benzene rings is 2. The van der Waals surface area contributed by atoms with Gasteiger partial charge in [-0.2, -0.15) is 0 Å². The Hall–Kier alpha value is -1.92. The summed E-state index contributed by atoms with van der Waals surface area (Å²) in [7, 11) is 0. The Morgan fingerprint density at radius 1 is 1.30 bits per heavy atom. The first kappa shape index (κ1) is 14.5. The van der Waals surface area contributed by atoms with Crippen molar-refractivity contribution in [2.75, 3.05) is 0 Å². The number of carbonyl (C=O) groups is 1. The molecule has 0 aliphatic rings. The van der Waals surface area contributed by atoms with Crippen molar-refractivity contribution in [1.82, 2.24) is 5.43 Å². The van der Waals surface area contributed by atoms with Gasteiger partial charge in [-0.1, -0.05) is 18.2 Å². The average molecular weight is 339 g/mol. The van der Waals surface area contributed by atoms with Crippen LogP contribution < -0.4 is 16.0 Å². The molecular formula is C14H12BrFN2O2. The minimum Gasteiger partial charge on any atom is -0.489 e. The van der Waals surface area contributed by atoms with Gasteiger partial charge >= 0.3 is 0 Å². The first-order valence-corrected chi connectivity index (χ1v) is 6.58. The molecule has 0 saturated carbocycles. The summed E-state index contributed by atoms with van der Waals surface area (Å²) in [6, 6.07) is 11.3. The minimum absolute atomic E-state index is 0.182. The minimum atomic E-state index is -0.385. The third-order valence-electron chi connectivity index (χ3n) is 2.68. The number of ether oxygens (including phenoxy) is 1. The van der Waals surface area contributed by atoms with Crippen LogP contribution in [0.1, 0.15) is 15.9 Å². The monoisotopic (exact) mass is 338 g/mol. The van der Waals surface area contributed by atoms with Crippen molar-refractivity contribution in [3.8, 4) is 5.75 Å². The SMILES string of the molecule is NNC(=O)c1ccccc1COc1ccc(F)c(Br)c1. The Kier molecular flexibility index (Phi) is 4.70. The summed E-state index contributed by atoms with van der Waals surface area (Å²) in [6.45, 7) is 0.182. The average Bonchev–Trinajstić information content (AvgIpc) is 2.48. The van der Waals surface area contributed by atoms with Crippen LogP contribution in [0.25, 0.3) is 0 Å². The quantitative estimate of drug-likeness (QED) is 0.511. The summed E-state index contributed by atoms with van der Waals surface area (Å²) < 4.78 is 19.0. The highest BCUT2D eigenvalue weighted by Gasteiger charge is 2.10. The smallest absolute Gasteiger partial charge is 0.265 e. The van der Waals surface area contributed by atoms with Gasteiger partial charge in [0, 0.05) is 11.1 Å². The number of halogens is 2. The number of hydrazine groups is 1. The van der Waals surface area contributed by atoms with Gasteiger partial charge in [0.2, 0.25) is 0 Å². The van der Waals surface area contributed by atoms with Crippen LogP contribution in [0.15, 0.2) is 46.9 Å².